The van der Waals surface area contributed by atoms with Gasteiger partial charge in [0, 0.05) is 26.2 Å². The molecule has 0 spiro atoms. The van der Waals surface area contributed by atoms with Crippen molar-refractivity contribution in [2.45, 2.75) is 6.92 Å². The van der Waals surface area contributed by atoms with Gasteiger partial charge in [0.1, 0.15) is 5.75 Å². The van der Waals surface area contributed by atoms with E-state index in [4.69, 9.17) is 5.26 Å². The minimum atomic E-state index is 0.258. The Kier molecular flexibility index (Phi) is 3.50. The van der Waals surface area contributed by atoms with Gasteiger partial charge in [0.05, 0.1) is 17.3 Å². The molecule has 1 heterocycles. The quantitative estimate of drug-likeness (QED) is 0.836. The number of rotatable bonds is 2. The highest BCUT2D eigenvalue weighted by molar-refractivity contribution is 5.61. The van der Waals surface area contributed by atoms with Gasteiger partial charge in [0.15, 0.2) is 0 Å². The molecule has 1 aliphatic heterocycles. The van der Waals surface area contributed by atoms with Crippen molar-refractivity contribution in [3.63, 3.8) is 0 Å². The zero-order valence-corrected chi connectivity index (χ0v) is 10.1. The van der Waals surface area contributed by atoms with Crippen LogP contribution in [-0.2, 0) is 0 Å². The number of benzene rings is 1. The van der Waals surface area contributed by atoms with Gasteiger partial charge in [-0.25, -0.2) is 0 Å². The molecule has 0 aliphatic carbocycles. The summed E-state index contributed by atoms with van der Waals surface area (Å²) < 4.78 is 0. The minimum absolute atomic E-state index is 0.258. The molecule has 90 valence electrons. The van der Waals surface area contributed by atoms with E-state index in [0.717, 1.165) is 38.4 Å². The normalized spacial score (nSPS) is 16.8. The molecule has 0 saturated carbocycles. The fourth-order valence-corrected chi connectivity index (χ4v) is 2.15. The minimum Gasteiger partial charge on any atom is -0.506 e. The SMILES string of the molecule is CCN1CCN(c2cc(C#N)ccc2O)CC1. The number of likely N-dealkylation sites (N-methyl/N-ethyl adjacent to an activating group) is 1. The molecule has 1 aromatic carbocycles. The summed E-state index contributed by atoms with van der Waals surface area (Å²) in [5.74, 6) is 0.258. The molecule has 1 fully saturated rings. The molecule has 0 aromatic heterocycles. The molecule has 0 unspecified atom stereocenters. The molecule has 1 saturated heterocycles. The molecule has 4 heteroatoms. The number of nitriles is 1. The maximum Gasteiger partial charge on any atom is 0.138 e. The Morgan fingerprint density at radius 3 is 2.59 bits per heavy atom. The monoisotopic (exact) mass is 231 g/mol. The van der Waals surface area contributed by atoms with Crippen LogP contribution in [-0.4, -0.2) is 42.7 Å². The molecule has 2 rings (SSSR count). The van der Waals surface area contributed by atoms with Crippen LogP contribution in [0.3, 0.4) is 0 Å². The molecule has 0 bridgehead atoms. The number of nitrogens with zero attached hydrogens (tertiary/aromatic N) is 3. The van der Waals surface area contributed by atoms with Crippen LogP contribution in [0.25, 0.3) is 0 Å². The third kappa shape index (κ3) is 2.51. The van der Waals surface area contributed by atoms with Crippen LogP contribution in [0.1, 0.15) is 12.5 Å². The Labute approximate surface area is 102 Å². The Bertz CT molecular complexity index is 431. The van der Waals surface area contributed by atoms with E-state index < -0.39 is 0 Å². The number of phenolic OH excluding ortho intramolecular Hbond substituents is 1. The van der Waals surface area contributed by atoms with E-state index in [0.29, 0.717) is 5.56 Å². The Hall–Kier alpha value is -1.73. The lowest BCUT2D eigenvalue weighted by molar-refractivity contribution is 0.270. The van der Waals surface area contributed by atoms with E-state index in [1.54, 1.807) is 18.2 Å². The fourth-order valence-electron chi connectivity index (χ4n) is 2.15. The summed E-state index contributed by atoms with van der Waals surface area (Å²) in [6, 6.07) is 7.10. The van der Waals surface area contributed by atoms with Crippen LogP contribution >= 0.6 is 0 Å². The lowest BCUT2D eigenvalue weighted by Crippen LogP contribution is -2.46. The second kappa shape index (κ2) is 5.07. The second-order valence-corrected chi connectivity index (χ2v) is 4.24. The summed E-state index contributed by atoms with van der Waals surface area (Å²) in [4.78, 5) is 4.52. The first-order chi connectivity index (χ1) is 8.24. The molecule has 0 radical (unpaired) electrons. The maximum absolute atomic E-state index is 9.84. The lowest BCUT2D eigenvalue weighted by Gasteiger charge is -2.35. The summed E-state index contributed by atoms with van der Waals surface area (Å²) in [5, 5.41) is 18.7. The first kappa shape index (κ1) is 11.7. The molecule has 4 nitrogen and oxygen atoms in total. The van der Waals surface area contributed by atoms with Crippen LogP contribution in [0.5, 0.6) is 5.75 Å². The third-order valence-electron chi connectivity index (χ3n) is 3.26. The molecule has 1 aliphatic rings. The molecule has 0 amide bonds. The van der Waals surface area contributed by atoms with E-state index in [2.05, 4.69) is 22.8 Å². The second-order valence-electron chi connectivity index (χ2n) is 4.24. The maximum atomic E-state index is 9.84. The summed E-state index contributed by atoms with van der Waals surface area (Å²) in [7, 11) is 0. The number of aromatic hydroxyl groups is 1. The van der Waals surface area contributed by atoms with E-state index in [1.807, 2.05) is 0 Å². The van der Waals surface area contributed by atoms with Gasteiger partial charge in [0.25, 0.3) is 0 Å². The van der Waals surface area contributed by atoms with Crippen LogP contribution in [0.15, 0.2) is 18.2 Å². The third-order valence-corrected chi connectivity index (χ3v) is 3.26. The van der Waals surface area contributed by atoms with Gasteiger partial charge >= 0.3 is 0 Å². The van der Waals surface area contributed by atoms with E-state index in [-0.39, 0.29) is 5.75 Å². The van der Waals surface area contributed by atoms with Gasteiger partial charge in [-0.2, -0.15) is 5.26 Å². The van der Waals surface area contributed by atoms with Crippen molar-refractivity contribution >= 4 is 5.69 Å². The summed E-state index contributed by atoms with van der Waals surface area (Å²) >= 11 is 0. The Balaban J connectivity index is 2.15. The molecule has 0 atom stereocenters. The van der Waals surface area contributed by atoms with Crippen molar-refractivity contribution in [1.82, 2.24) is 4.90 Å². The van der Waals surface area contributed by atoms with Crippen molar-refractivity contribution in [3.05, 3.63) is 23.8 Å². The van der Waals surface area contributed by atoms with Crippen LogP contribution < -0.4 is 4.90 Å². The topological polar surface area (TPSA) is 50.5 Å². The van der Waals surface area contributed by atoms with Gasteiger partial charge in [-0.05, 0) is 24.7 Å². The van der Waals surface area contributed by atoms with Crippen molar-refractivity contribution in [1.29, 1.82) is 5.26 Å². The lowest BCUT2D eigenvalue weighted by atomic mass is 10.1. The molecule has 1 aromatic rings. The number of piperazine rings is 1. The van der Waals surface area contributed by atoms with E-state index in [1.165, 1.54) is 0 Å². The molecular formula is C13H17N3O. The number of hydrogen-bond acceptors (Lipinski definition) is 4. The predicted molar refractivity (Wildman–Crippen MR) is 67.1 cm³/mol. The Morgan fingerprint density at radius 1 is 1.29 bits per heavy atom. The van der Waals surface area contributed by atoms with Gasteiger partial charge in [-0.1, -0.05) is 6.92 Å². The van der Waals surface area contributed by atoms with Crippen LogP contribution in [0.4, 0.5) is 5.69 Å². The summed E-state index contributed by atoms with van der Waals surface area (Å²) in [6.07, 6.45) is 0. The zero-order valence-electron chi connectivity index (χ0n) is 10.1. The zero-order chi connectivity index (χ0) is 12.3. The van der Waals surface area contributed by atoms with Gasteiger partial charge in [0.2, 0.25) is 0 Å². The summed E-state index contributed by atoms with van der Waals surface area (Å²) in [5.41, 5.74) is 1.37. The number of anilines is 1. The van der Waals surface area contributed by atoms with Crippen LogP contribution in [0, 0.1) is 11.3 Å². The molecule has 17 heavy (non-hydrogen) atoms. The van der Waals surface area contributed by atoms with Crippen LogP contribution in [0.2, 0.25) is 0 Å². The molecule has 1 N–H and O–H groups in total. The van der Waals surface area contributed by atoms with Crippen molar-refractivity contribution in [3.8, 4) is 11.8 Å². The van der Waals surface area contributed by atoms with Gasteiger partial charge < -0.3 is 14.9 Å². The fraction of sp³-hybridized carbons (Fsp3) is 0.462. The largest absolute Gasteiger partial charge is 0.506 e. The van der Waals surface area contributed by atoms with Gasteiger partial charge in [-0.15, -0.1) is 0 Å². The van der Waals surface area contributed by atoms with Crippen molar-refractivity contribution in [2.75, 3.05) is 37.6 Å². The van der Waals surface area contributed by atoms with Crippen molar-refractivity contribution in [2.24, 2.45) is 0 Å². The first-order valence-corrected chi connectivity index (χ1v) is 5.95. The summed E-state index contributed by atoms with van der Waals surface area (Å²) in [6.45, 7) is 7.04. The predicted octanol–water partition coefficient (Wildman–Crippen LogP) is 1.41. The standard InChI is InChI=1S/C13H17N3O/c1-2-15-5-7-16(8-6-15)12-9-11(10-14)3-4-13(12)17/h3-4,9,17H,2,5-8H2,1H3. The van der Waals surface area contributed by atoms with Crippen molar-refractivity contribution < 1.29 is 5.11 Å². The Morgan fingerprint density at radius 2 is 2.00 bits per heavy atom. The smallest absolute Gasteiger partial charge is 0.138 e. The molecular weight excluding hydrogens is 214 g/mol. The highest BCUT2D eigenvalue weighted by Gasteiger charge is 2.18. The average molecular weight is 231 g/mol. The van der Waals surface area contributed by atoms with E-state index >= 15 is 0 Å². The van der Waals surface area contributed by atoms with Gasteiger partial charge in [-0.3, -0.25) is 0 Å². The highest BCUT2D eigenvalue weighted by atomic mass is 16.3. The number of phenols is 1. The highest BCUT2D eigenvalue weighted by Crippen LogP contribution is 2.28. The van der Waals surface area contributed by atoms with E-state index in [9.17, 15) is 5.11 Å². The first-order valence-electron chi connectivity index (χ1n) is 5.95. The number of hydrogen-bond donors (Lipinski definition) is 1. The average Bonchev–Trinajstić information content (AvgIpc) is 2.39.